The van der Waals surface area contributed by atoms with Crippen molar-refractivity contribution in [1.82, 2.24) is 0 Å². The minimum Gasteiger partial charge on any atom is -0.481 e. The summed E-state index contributed by atoms with van der Waals surface area (Å²) in [4.78, 5) is 10.4. The van der Waals surface area contributed by atoms with Crippen LogP contribution in [-0.2, 0) is 4.79 Å². The summed E-state index contributed by atoms with van der Waals surface area (Å²) in [5, 5.41) is 17.1. The number of carboxylic acid groups (broad SMARTS) is 1. The Morgan fingerprint density at radius 3 is 2.40 bits per heavy atom. The Kier molecular flexibility index (Phi) is 1.40. The summed E-state index contributed by atoms with van der Waals surface area (Å²) in [6.07, 6.45) is 1.49. The lowest BCUT2D eigenvalue weighted by atomic mass is 9.93. The fraction of sp³-hybridized carbons (Fsp3) is 0.714. The molecule has 0 spiro atoms. The third kappa shape index (κ3) is 0.860. The van der Waals surface area contributed by atoms with E-state index in [9.17, 15) is 4.79 Å². The molecule has 1 atom stereocenters. The SMILES string of the molecule is CC(C(=O)O)C1(C#N)CC1. The van der Waals surface area contributed by atoms with Gasteiger partial charge in [-0.25, -0.2) is 0 Å². The van der Waals surface area contributed by atoms with E-state index in [4.69, 9.17) is 10.4 Å². The molecule has 1 N–H and O–H groups in total. The van der Waals surface area contributed by atoms with Crippen LogP contribution in [0.15, 0.2) is 0 Å². The molecule has 0 heterocycles. The topological polar surface area (TPSA) is 61.1 Å². The van der Waals surface area contributed by atoms with Gasteiger partial charge in [-0.2, -0.15) is 5.26 Å². The molecular formula is C7H9NO2. The lowest BCUT2D eigenvalue weighted by Gasteiger charge is -2.09. The maximum absolute atomic E-state index is 10.4. The Hall–Kier alpha value is -1.04. The zero-order valence-corrected chi connectivity index (χ0v) is 5.79. The van der Waals surface area contributed by atoms with E-state index >= 15 is 0 Å². The van der Waals surface area contributed by atoms with Crippen LogP contribution >= 0.6 is 0 Å². The number of carbonyl (C=O) groups is 1. The van der Waals surface area contributed by atoms with Gasteiger partial charge >= 0.3 is 5.97 Å². The van der Waals surface area contributed by atoms with Gasteiger partial charge in [-0.1, -0.05) is 6.92 Å². The highest BCUT2D eigenvalue weighted by Crippen LogP contribution is 2.51. The van der Waals surface area contributed by atoms with Crippen LogP contribution in [-0.4, -0.2) is 11.1 Å². The molecule has 0 bridgehead atoms. The molecule has 1 aliphatic carbocycles. The molecule has 0 amide bonds. The Morgan fingerprint density at radius 2 is 2.30 bits per heavy atom. The van der Waals surface area contributed by atoms with Gasteiger partial charge in [0, 0.05) is 0 Å². The first kappa shape index (κ1) is 7.07. The van der Waals surface area contributed by atoms with E-state index in [1.807, 2.05) is 0 Å². The predicted octanol–water partition coefficient (Wildman–Crippen LogP) is 1.01. The number of nitrogens with zero attached hydrogens (tertiary/aromatic N) is 1. The molecule has 0 aromatic rings. The standard InChI is InChI=1S/C7H9NO2/c1-5(6(9)10)7(4-8)2-3-7/h5H,2-3H2,1H3,(H,9,10). The maximum Gasteiger partial charge on any atom is 0.307 e. The van der Waals surface area contributed by atoms with Crippen molar-refractivity contribution in [3.8, 4) is 6.07 Å². The van der Waals surface area contributed by atoms with Crippen LogP contribution in [0.3, 0.4) is 0 Å². The molecule has 0 saturated heterocycles. The van der Waals surface area contributed by atoms with Crippen LogP contribution in [0.2, 0.25) is 0 Å². The molecule has 0 aliphatic heterocycles. The molecule has 3 heteroatoms. The fourth-order valence-corrected chi connectivity index (χ4v) is 1.01. The van der Waals surface area contributed by atoms with Crippen LogP contribution < -0.4 is 0 Å². The summed E-state index contributed by atoms with van der Waals surface area (Å²) in [7, 11) is 0. The lowest BCUT2D eigenvalue weighted by Crippen LogP contribution is -2.20. The largest absolute Gasteiger partial charge is 0.481 e. The van der Waals surface area contributed by atoms with Gasteiger partial charge < -0.3 is 5.11 Å². The number of rotatable bonds is 2. The van der Waals surface area contributed by atoms with E-state index in [1.54, 1.807) is 6.92 Å². The highest BCUT2D eigenvalue weighted by Gasteiger charge is 2.51. The average Bonchev–Trinajstić information content (AvgIpc) is 2.66. The zero-order chi connectivity index (χ0) is 7.78. The summed E-state index contributed by atoms with van der Waals surface area (Å²) < 4.78 is 0. The van der Waals surface area contributed by atoms with Crippen LogP contribution in [0.1, 0.15) is 19.8 Å². The first-order valence-corrected chi connectivity index (χ1v) is 3.26. The van der Waals surface area contributed by atoms with Crippen molar-refractivity contribution >= 4 is 5.97 Å². The molecule has 0 aromatic carbocycles. The van der Waals surface area contributed by atoms with Gasteiger partial charge in [0.05, 0.1) is 17.4 Å². The molecule has 1 unspecified atom stereocenters. The van der Waals surface area contributed by atoms with Crippen molar-refractivity contribution in [3.05, 3.63) is 0 Å². The van der Waals surface area contributed by atoms with Crippen LogP contribution in [0.5, 0.6) is 0 Å². The van der Waals surface area contributed by atoms with Gasteiger partial charge in [0.2, 0.25) is 0 Å². The molecule has 1 aliphatic rings. The lowest BCUT2D eigenvalue weighted by molar-refractivity contribution is -0.142. The van der Waals surface area contributed by atoms with Crippen LogP contribution in [0, 0.1) is 22.7 Å². The van der Waals surface area contributed by atoms with Gasteiger partial charge in [-0.3, -0.25) is 4.79 Å². The van der Waals surface area contributed by atoms with Gasteiger partial charge in [0.15, 0.2) is 0 Å². The van der Waals surface area contributed by atoms with Crippen LogP contribution in [0.25, 0.3) is 0 Å². The zero-order valence-electron chi connectivity index (χ0n) is 5.79. The number of carboxylic acids is 1. The minimum absolute atomic E-state index is 0.502. The quantitative estimate of drug-likeness (QED) is 0.621. The average molecular weight is 139 g/mol. The monoisotopic (exact) mass is 139 g/mol. The third-order valence-corrected chi connectivity index (χ3v) is 2.21. The first-order valence-electron chi connectivity index (χ1n) is 3.26. The van der Waals surface area contributed by atoms with Crippen molar-refractivity contribution in [3.63, 3.8) is 0 Å². The summed E-state index contributed by atoms with van der Waals surface area (Å²) in [6, 6.07) is 2.05. The number of hydrogen-bond acceptors (Lipinski definition) is 2. The van der Waals surface area contributed by atoms with Gasteiger partial charge in [0.1, 0.15) is 0 Å². The molecule has 1 saturated carbocycles. The van der Waals surface area contributed by atoms with Crippen molar-refractivity contribution in [2.75, 3.05) is 0 Å². The van der Waals surface area contributed by atoms with E-state index in [0.29, 0.717) is 0 Å². The summed E-state index contributed by atoms with van der Waals surface area (Å²) >= 11 is 0. The second kappa shape index (κ2) is 1.98. The molecule has 3 nitrogen and oxygen atoms in total. The summed E-state index contributed by atoms with van der Waals surface area (Å²) in [5.41, 5.74) is -0.522. The van der Waals surface area contributed by atoms with E-state index in [1.165, 1.54) is 0 Å². The van der Waals surface area contributed by atoms with Crippen molar-refractivity contribution < 1.29 is 9.90 Å². The van der Waals surface area contributed by atoms with E-state index < -0.39 is 17.3 Å². The van der Waals surface area contributed by atoms with Gasteiger partial charge in [-0.05, 0) is 12.8 Å². The summed E-state index contributed by atoms with van der Waals surface area (Å²) in [5.74, 6) is -1.36. The molecule has 1 rings (SSSR count). The van der Waals surface area contributed by atoms with Crippen molar-refractivity contribution in [2.24, 2.45) is 11.3 Å². The highest BCUT2D eigenvalue weighted by molar-refractivity contribution is 5.72. The predicted molar refractivity (Wildman–Crippen MR) is 34.1 cm³/mol. The van der Waals surface area contributed by atoms with Gasteiger partial charge in [-0.15, -0.1) is 0 Å². The van der Waals surface area contributed by atoms with E-state index in [-0.39, 0.29) is 0 Å². The fourth-order valence-electron chi connectivity index (χ4n) is 1.01. The molecule has 0 radical (unpaired) electrons. The van der Waals surface area contributed by atoms with Crippen LogP contribution in [0.4, 0.5) is 0 Å². The van der Waals surface area contributed by atoms with Gasteiger partial charge in [0.25, 0.3) is 0 Å². The second-order valence-electron chi connectivity index (χ2n) is 2.83. The Bertz CT molecular complexity index is 200. The second-order valence-corrected chi connectivity index (χ2v) is 2.83. The Morgan fingerprint density at radius 1 is 1.80 bits per heavy atom. The maximum atomic E-state index is 10.4. The third-order valence-electron chi connectivity index (χ3n) is 2.21. The van der Waals surface area contributed by atoms with Crippen molar-refractivity contribution in [2.45, 2.75) is 19.8 Å². The number of hydrogen-bond donors (Lipinski definition) is 1. The molecular weight excluding hydrogens is 130 g/mol. The number of aliphatic carboxylic acids is 1. The minimum atomic E-state index is -0.862. The first-order chi connectivity index (χ1) is 4.62. The summed E-state index contributed by atoms with van der Waals surface area (Å²) in [6.45, 7) is 1.60. The van der Waals surface area contributed by atoms with E-state index in [0.717, 1.165) is 12.8 Å². The van der Waals surface area contributed by atoms with Crippen molar-refractivity contribution in [1.29, 1.82) is 5.26 Å². The van der Waals surface area contributed by atoms with E-state index in [2.05, 4.69) is 6.07 Å². The Balaban J connectivity index is 2.67. The number of nitriles is 1. The smallest absolute Gasteiger partial charge is 0.307 e. The molecule has 0 aromatic heterocycles. The molecule has 1 fully saturated rings. The molecule has 54 valence electrons. The Labute approximate surface area is 59.3 Å². The highest BCUT2D eigenvalue weighted by atomic mass is 16.4. The molecule has 10 heavy (non-hydrogen) atoms. The normalized spacial score (nSPS) is 22.8.